The summed E-state index contributed by atoms with van der Waals surface area (Å²) in [5, 5.41) is 1.11. The van der Waals surface area contributed by atoms with E-state index in [9.17, 15) is 9.59 Å². The van der Waals surface area contributed by atoms with Crippen molar-refractivity contribution in [1.82, 2.24) is 9.80 Å². The Kier molecular flexibility index (Phi) is 5.97. The predicted molar refractivity (Wildman–Crippen MR) is 104 cm³/mol. The van der Waals surface area contributed by atoms with E-state index in [0.29, 0.717) is 27.7 Å². The van der Waals surface area contributed by atoms with Crippen molar-refractivity contribution in [3.8, 4) is 0 Å². The van der Waals surface area contributed by atoms with Gasteiger partial charge in [-0.25, -0.2) is 0 Å². The summed E-state index contributed by atoms with van der Waals surface area (Å²) in [7, 11) is 2.03. The lowest BCUT2D eigenvalue weighted by Crippen LogP contribution is -2.31. The first kappa shape index (κ1) is 18.9. The number of hydrogen-bond acceptors (Lipinski definition) is 3. The van der Waals surface area contributed by atoms with Crippen LogP contribution in [-0.4, -0.2) is 41.8 Å². The van der Waals surface area contributed by atoms with E-state index in [1.807, 2.05) is 19.2 Å². The number of benzene rings is 2. The first-order valence-corrected chi connectivity index (χ1v) is 9.30. The quantitative estimate of drug-likeness (QED) is 0.516. The molecule has 1 heterocycles. The molecule has 0 N–H and O–H groups in total. The Hall–Kier alpha value is -1.88. The van der Waals surface area contributed by atoms with Gasteiger partial charge in [-0.1, -0.05) is 41.4 Å². The molecule has 0 aromatic heterocycles. The molecule has 26 heavy (non-hydrogen) atoms. The topological polar surface area (TPSA) is 40.6 Å². The maximum Gasteiger partial charge on any atom is 0.261 e. The normalized spacial score (nSPS) is 13.6. The summed E-state index contributed by atoms with van der Waals surface area (Å²) >= 11 is 12.0. The third kappa shape index (κ3) is 4.09. The van der Waals surface area contributed by atoms with E-state index >= 15 is 0 Å². The SMILES string of the molecule is CN(CCCCN1C(=O)c2ccccc2C1=O)Cc1ccc(Cl)c(Cl)c1. The van der Waals surface area contributed by atoms with Crippen molar-refractivity contribution in [1.29, 1.82) is 0 Å². The molecule has 0 bridgehead atoms. The Morgan fingerprint density at radius 1 is 0.923 bits per heavy atom. The molecular weight excluding hydrogens is 371 g/mol. The summed E-state index contributed by atoms with van der Waals surface area (Å²) in [6.45, 7) is 2.08. The Bertz CT molecular complexity index is 803. The number of nitrogens with zero attached hydrogens (tertiary/aromatic N) is 2. The molecule has 6 heteroatoms. The van der Waals surface area contributed by atoms with Crippen LogP contribution < -0.4 is 0 Å². The van der Waals surface area contributed by atoms with E-state index in [2.05, 4.69) is 4.90 Å². The molecule has 0 spiro atoms. The minimum absolute atomic E-state index is 0.185. The van der Waals surface area contributed by atoms with E-state index in [1.165, 1.54) is 4.90 Å². The van der Waals surface area contributed by atoms with Gasteiger partial charge in [0.15, 0.2) is 0 Å². The van der Waals surface area contributed by atoms with Crippen LogP contribution in [0.4, 0.5) is 0 Å². The highest BCUT2D eigenvalue weighted by Gasteiger charge is 2.34. The summed E-state index contributed by atoms with van der Waals surface area (Å²) in [4.78, 5) is 28.1. The van der Waals surface area contributed by atoms with E-state index in [0.717, 1.165) is 31.5 Å². The van der Waals surface area contributed by atoms with Gasteiger partial charge in [0.2, 0.25) is 0 Å². The van der Waals surface area contributed by atoms with Gasteiger partial charge in [-0.2, -0.15) is 0 Å². The number of hydrogen-bond donors (Lipinski definition) is 0. The summed E-state index contributed by atoms with van der Waals surface area (Å²) in [6.07, 6.45) is 1.67. The van der Waals surface area contributed by atoms with E-state index in [-0.39, 0.29) is 11.8 Å². The summed E-state index contributed by atoms with van der Waals surface area (Å²) in [6, 6.07) is 12.6. The van der Waals surface area contributed by atoms with Crippen molar-refractivity contribution in [2.24, 2.45) is 0 Å². The van der Waals surface area contributed by atoms with Crippen molar-refractivity contribution in [3.63, 3.8) is 0 Å². The second-order valence-corrected chi connectivity index (χ2v) is 7.32. The molecule has 136 valence electrons. The van der Waals surface area contributed by atoms with E-state index in [4.69, 9.17) is 23.2 Å². The van der Waals surface area contributed by atoms with E-state index < -0.39 is 0 Å². The molecule has 0 saturated carbocycles. The van der Waals surface area contributed by atoms with Gasteiger partial charge in [0, 0.05) is 13.1 Å². The minimum atomic E-state index is -0.185. The van der Waals surface area contributed by atoms with Crippen LogP contribution in [0.25, 0.3) is 0 Å². The van der Waals surface area contributed by atoms with Crippen LogP contribution in [0.2, 0.25) is 10.0 Å². The van der Waals surface area contributed by atoms with Gasteiger partial charge in [-0.05, 0) is 56.3 Å². The van der Waals surface area contributed by atoms with Crippen LogP contribution in [0.1, 0.15) is 39.1 Å². The molecule has 0 atom stereocenters. The predicted octanol–water partition coefficient (Wildman–Crippen LogP) is 4.50. The average molecular weight is 391 g/mol. The third-order valence-electron chi connectivity index (χ3n) is 4.49. The van der Waals surface area contributed by atoms with Crippen molar-refractivity contribution in [2.45, 2.75) is 19.4 Å². The summed E-state index contributed by atoms with van der Waals surface area (Å²) < 4.78 is 0. The fraction of sp³-hybridized carbons (Fsp3) is 0.300. The Morgan fingerprint density at radius 2 is 1.58 bits per heavy atom. The molecule has 2 aromatic rings. The Balaban J connectivity index is 1.45. The zero-order chi connectivity index (χ0) is 18.7. The molecule has 2 aromatic carbocycles. The number of fused-ring (bicyclic) bond motifs is 1. The standard InChI is InChI=1S/C20H20Cl2N2O2/c1-23(13-14-8-9-17(21)18(22)12-14)10-4-5-11-24-19(25)15-6-2-3-7-16(15)20(24)26/h2-3,6-9,12H,4-5,10-11,13H2,1H3. The molecular formula is C20H20Cl2N2O2. The van der Waals surface area contributed by atoms with Crippen LogP contribution in [0, 0.1) is 0 Å². The van der Waals surface area contributed by atoms with Crippen LogP contribution in [0.15, 0.2) is 42.5 Å². The van der Waals surface area contributed by atoms with Crippen LogP contribution >= 0.6 is 23.2 Å². The Labute approximate surface area is 163 Å². The number of carbonyl (C=O) groups is 2. The van der Waals surface area contributed by atoms with Gasteiger partial charge in [0.25, 0.3) is 11.8 Å². The fourth-order valence-electron chi connectivity index (χ4n) is 3.12. The van der Waals surface area contributed by atoms with Gasteiger partial charge in [-0.3, -0.25) is 14.5 Å². The van der Waals surface area contributed by atoms with Crippen LogP contribution in [0.5, 0.6) is 0 Å². The van der Waals surface area contributed by atoms with Gasteiger partial charge in [0.1, 0.15) is 0 Å². The first-order chi connectivity index (χ1) is 12.5. The van der Waals surface area contributed by atoms with Gasteiger partial charge >= 0.3 is 0 Å². The Morgan fingerprint density at radius 3 is 2.19 bits per heavy atom. The molecule has 3 rings (SSSR count). The van der Waals surface area contributed by atoms with E-state index in [1.54, 1.807) is 30.3 Å². The lowest BCUT2D eigenvalue weighted by molar-refractivity contribution is 0.0650. The number of rotatable bonds is 7. The van der Waals surface area contributed by atoms with Crippen LogP contribution in [0.3, 0.4) is 0 Å². The molecule has 0 aliphatic carbocycles. The highest BCUT2D eigenvalue weighted by Crippen LogP contribution is 2.24. The van der Waals surface area contributed by atoms with Gasteiger partial charge < -0.3 is 4.90 Å². The zero-order valence-corrected chi connectivity index (χ0v) is 16.1. The second kappa shape index (κ2) is 8.21. The second-order valence-electron chi connectivity index (χ2n) is 6.50. The number of imide groups is 1. The van der Waals surface area contributed by atoms with Crippen molar-refractivity contribution >= 4 is 35.0 Å². The largest absolute Gasteiger partial charge is 0.302 e. The van der Waals surface area contributed by atoms with Crippen molar-refractivity contribution in [3.05, 3.63) is 69.2 Å². The zero-order valence-electron chi connectivity index (χ0n) is 14.5. The summed E-state index contributed by atoms with van der Waals surface area (Å²) in [5.41, 5.74) is 2.12. The molecule has 2 amide bonds. The molecule has 0 saturated heterocycles. The van der Waals surface area contributed by atoms with Crippen molar-refractivity contribution in [2.75, 3.05) is 20.1 Å². The first-order valence-electron chi connectivity index (χ1n) is 8.55. The fourth-order valence-corrected chi connectivity index (χ4v) is 3.44. The molecule has 1 aliphatic heterocycles. The minimum Gasteiger partial charge on any atom is -0.302 e. The average Bonchev–Trinajstić information content (AvgIpc) is 2.87. The maximum atomic E-state index is 12.3. The highest BCUT2D eigenvalue weighted by molar-refractivity contribution is 6.42. The number of amides is 2. The molecule has 0 fully saturated rings. The smallest absolute Gasteiger partial charge is 0.261 e. The maximum absolute atomic E-state index is 12.3. The lowest BCUT2D eigenvalue weighted by Gasteiger charge is -2.18. The summed E-state index contributed by atoms with van der Waals surface area (Å²) in [5.74, 6) is -0.371. The number of unbranched alkanes of at least 4 members (excludes halogenated alkanes) is 1. The molecule has 0 radical (unpaired) electrons. The lowest BCUT2D eigenvalue weighted by atomic mass is 10.1. The van der Waals surface area contributed by atoms with Crippen molar-refractivity contribution < 1.29 is 9.59 Å². The molecule has 1 aliphatic rings. The van der Waals surface area contributed by atoms with Gasteiger partial charge in [-0.15, -0.1) is 0 Å². The van der Waals surface area contributed by atoms with Crippen LogP contribution in [-0.2, 0) is 6.54 Å². The van der Waals surface area contributed by atoms with Gasteiger partial charge in [0.05, 0.1) is 21.2 Å². The highest BCUT2D eigenvalue weighted by atomic mass is 35.5. The molecule has 4 nitrogen and oxygen atoms in total. The molecule has 0 unspecified atom stereocenters. The number of carbonyl (C=O) groups excluding carboxylic acids is 2. The number of halogens is 2. The third-order valence-corrected chi connectivity index (χ3v) is 5.23. The monoisotopic (exact) mass is 390 g/mol.